The second kappa shape index (κ2) is 6.22. The van der Waals surface area contributed by atoms with Crippen molar-refractivity contribution in [1.29, 1.82) is 0 Å². The normalized spacial score (nSPS) is 11.2. The molecule has 0 saturated carbocycles. The molecule has 1 N–H and O–H groups in total. The lowest BCUT2D eigenvalue weighted by molar-refractivity contribution is 0.601. The van der Waals surface area contributed by atoms with Gasteiger partial charge in [-0.2, -0.15) is 5.10 Å². The minimum atomic E-state index is -0.149. The lowest BCUT2D eigenvalue weighted by atomic mass is 10.2. The van der Waals surface area contributed by atoms with Crippen LogP contribution in [0.5, 0.6) is 0 Å². The highest BCUT2D eigenvalue weighted by Gasteiger charge is 2.04. The Morgan fingerprint density at radius 2 is 1.95 bits per heavy atom. The van der Waals surface area contributed by atoms with Crippen LogP contribution in [0.25, 0.3) is 11.0 Å². The van der Waals surface area contributed by atoms with Crippen molar-refractivity contribution in [2.75, 3.05) is 5.43 Å². The van der Waals surface area contributed by atoms with E-state index in [0.717, 1.165) is 0 Å². The molecule has 2 aromatic carbocycles. The van der Waals surface area contributed by atoms with Gasteiger partial charge < -0.3 is 4.42 Å². The number of benzene rings is 2. The number of hydrogen-bond donors (Lipinski definition) is 1. The molecule has 0 saturated heterocycles. The summed E-state index contributed by atoms with van der Waals surface area (Å²) >= 11 is 11.9. The maximum Gasteiger partial charge on any atom is 0.201 e. The van der Waals surface area contributed by atoms with Crippen LogP contribution in [0.4, 0.5) is 5.69 Å². The number of nitrogens with one attached hydrogen (secondary N) is 1. The first-order valence-electron chi connectivity index (χ1n) is 6.40. The zero-order valence-corrected chi connectivity index (χ0v) is 12.7. The molecular weight excluding hydrogens is 323 g/mol. The van der Waals surface area contributed by atoms with Crippen molar-refractivity contribution in [2.45, 2.75) is 0 Å². The van der Waals surface area contributed by atoms with Crippen molar-refractivity contribution in [1.82, 2.24) is 0 Å². The lowest BCUT2D eigenvalue weighted by Gasteiger charge is -2.03. The summed E-state index contributed by atoms with van der Waals surface area (Å²) in [5.41, 5.74) is 4.03. The third kappa shape index (κ3) is 2.98. The van der Waals surface area contributed by atoms with Crippen molar-refractivity contribution in [3.63, 3.8) is 0 Å². The predicted octanol–water partition coefficient (Wildman–Crippen LogP) is 4.55. The molecule has 3 aromatic rings. The molecule has 1 aromatic heterocycles. The first kappa shape index (κ1) is 14.6. The highest BCUT2D eigenvalue weighted by atomic mass is 35.5. The number of hydrogen-bond acceptors (Lipinski definition) is 4. The van der Waals surface area contributed by atoms with E-state index in [2.05, 4.69) is 10.5 Å². The van der Waals surface area contributed by atoms with Crippen LogP contribution in [0.1, 0.15) is 5.56 Å². The fourth-order valence-electron chi connectivity index (χ4n) is 1.94. The van der Waals surface area contributed by atoms with E-state index in [1.165, 1.54) is 12.5 Å². The van der Waals surface area contributed by atoms with E-state index in [0.29, 0.717) is 32.3 Å². The number of nitrogens with zero attached hydrogens (tertiary/aromatic N) is 1. The molecule has 3 rings (SSSR count). The average Bonchev–Trinajstić information content (AvgIpc) is 2.53. The van der Waals surface area contributed by atoms with Gasteiger partial charge in [0.25, 0.3) is 0 Å². The fraction of sp³-hybridized carbons (Fsp3) is 0. The SMILES string of the molecule is O=c1c(/C=N/Nc2cc(Cl)ccc2Cl)coc2ccccc12. The Balaban J connectivity index is 1.88. The van der Waals surface area contributed by atoms with Crippen LogP contribution < -0.4 is 10.9 Å². The smallest absolute Gasteiger partial charge is 0.201 e. The molecule has 110 valence electrons. The van der Waals surface area contributed by atoms with Crippen LogP contribution in [0.15, 0.2) is 63.0 Å². The quantitative estimate of drug-likeness (QED) is 0.565. The molecule has 0 aliphatic rings. The molecule has 22 heavy (non-hydrogen) atoms. The van der Waals surface area contributed by atoms with Gasteiger partial charge in [-0.1, -0.05) is 35.3 Å². The molecule has 0 aliphatic carbocycles. The Bertz CT molecular complexity index is 919. The van der Waals surface area contributed by atoms with Crippen LogP contribution >= 0.6 is 23.2 Å². The summed E-state index contributed by atoms with van der Waals surface area (Å²) in [6, 6.07) is 12.0. The summed E-state index contributed by atoms with van der Waals surface area (Å²) < 4.78 is 5.40. The number of rotatable bonds is 3. The second-order valence-electron chi connectivity index (χ2n) is 4.51. The van der Waals surface area contributed by atoms with Crippen LogP contribution in [-0.4, -0.2) is 6.21 Å². The first-order valence-corrected chi connectivity index (χ1v) is 7.15. The molecular formula is C16H10Cl2N2O2. The number of para-hydroxylation sites is 1. The average molecular weight is 333 g/mol. The summed E-state index contributed by atoms with van der Waals surface area (Å²) in [5, 5.41) is 5.52. The van der Waals surface area contributed by atoms with Gasteiger partial charge in [-0.25, -0.2) is 0 Å². The number of fused-ring (bicyclic) bond motifs is 1. The summed E-state index contributed by atoms with van der Waals surface area (Å²) in [7, 11) is 0. The van der Waals surface area contributed by atoms with Gasteiger partial charge in [-0.3, -0.25) is 10.2 Å². The fourth-order valence-corrected chi connectivity index (χ4v) is 2.27. The van der Waals surface area contributed by atoms with E-state index in [1.807, 2.05) is 6.07 Å². The Labute approximate surface area is 136 Å². The van der Waals surface area contributed by atoms with Gasteiger partial charge in [-0.05, 0) is 30.3 Å². The van der Waals surface area contributed by atoms with E-state index in [-0.39, 0.29) is 5.43 Å². The van der Waals surface area contributed by atoms with E-state index in [1.54, 1.807) is 36.4 Å². The minimum absolute atomic E-state index is 0.149. The topological polar surface area (TPSA) is 54.6 Å². The van der Waals surface area contributed by atoms with Crippen LogP contribution in [0, 0.1) is 0 Å². The minimum Gasteiger partial charge on any atom is -0.463 e. The zero-order valence-electron chi connectivity index (χ0n) is 11.2. The molecule has 0 aliphatic heterocycles. The molecule has 0 fully saturated rings. The number of hydrazone groups is 1. The highest BCUT2D eigenvalue weighted by molar-refractivity contribution is 6.35. The van der Waals surface area contributed by atoms with Gasteiger partial charge >= 0.3 is 0 Å². The standard InChI is InChI=1S/C16H10Cl2N2O2/c17-11-5-6-13(18)14(7-11)20-19-8-10-9-22-15-4-2-1-3-12(15)16(10)21/h1-9,20H/b19-8+. The molecule has 0 radical (unpaired) electrons. The Morgan fingerprint density at radius 1 is 1.14 bits per heavy atom. The monoisotopic (exact) mass is 332 g/mol. The van der Waals surface area contributed by atoms with Gasteiger partial charge in [0.2, 0.25) is 5.43 Å². The van der Waals surface area contributed by atoms with E-state index in [4.69, 9.17) is 27.6 Å². The summed E-state index contributed by atoms with van der Waals surface area (Å²) in [6.45, 7) is 0. The molecule has 0 unspecified atom stereocenters. The summed E-state index contributed by atoms with van der Waals surface area (Å²) in [4.78, 5) is 12.3. The van der Waals surface area contributed by atoms with Crippen molar-refractivity contribution in [3.8, 4) is 0 Å². The zero-order chi connectivity index (χ0) is 15.5. The number of halogens is 2. The van der Waals surface area contributed by atoms with E-state index < -0.39 is 0 Å². The van der Waals surface area contributed by atoms with Gasteiger partial charge in [0.1, 0.15) is 11.8 Å². The van der Waals surface area contributed by atoms with Gasteiger partial charge in [-0.15, -0.1) is 0 Å². The van der Waals surface area contributed by atoms with E-state index >= 15 is 0 Å². The van der Waals surface area contributed by atoms with Crippen LogP contribution in [0.2, 0.25) is 10.0 Å². The maximum absolute atomic E-state index is 12.3. The Kier molecular flexibility index (Phi) is 4.13. The van der Waals surface area contributed by atoms with Crippen molar-refractivity contribution >= 4 is 46.1 Å². The molecule has 0 bridgehead atoms. The molecule has 6 heteroatoms. The molecule has 4 nitrogen and oxygen atoms in total. The summed E-state index contributed by atoms with van der Waals surface area (Å²) in [5.74, 6) is 0. The Hall–Kier alpha value is -2.30. The maximum atomic E-state index is 12.3. The van der Waals surface area contributed by atoms with Gasteiger partial charge in [0, 0.05) is 5.02 Å². The van der Waals surface area contributed by atoms with E-state index in [9.17, 15) is 4.79 Å². The van der Waals surface area contributed by atoms with Crippen molar-refractivity contribution in [3.05, 3.63) is 74.6 Å². The highest BCUT2D eigenvalue weighted by Crippen LogP contribution is 2.25. The third-order valence-corrected chi connectivity index (χ3v) is 3.59. The molecule has 1 heterocycles. The molecule has 0 amide bonds. The van der Waals surface area contributed by atoms with Crippen LogP contribution in [0.3, 0.4) is 0 Å². The van der Waals surface area contributed by atoms with Gasteiger partial charge in [0.15, 0.2) is 0 Å². The first-order chi connectivity index (χ1) is 10.6. The van der Waals surface area contributed by atoms with Crippen molar-refractivity contribution in [2.24, 2.45) is 5.10 Å². The van der Waals surface area contributed by atoms with Crippen molar-refractivity contribution < 1.29 is 4.42 Å². The predicted molar refractivity (Wildman–Crippen MR) is 90.2 cm³/mol. The number of anilines is 1. The molecule has 0 atom stereocenters. The summed E-state index contributed by atoms with van der Waals surface area (Å²) in [6.07, 6.45) is 2.75. The lowest BCUT2D eigenvalue weighted by Crippen LogP contribution is -2.08. The largest absolute Gasteiger partial charge is 0.463 e. The molecule has 0 spiro atoms. The second-order valence-corrected chi connectivity index (χ2v) is 5.35. The third-order valence-electron chi connectivity index (χ3n) is 3.02. The van der Waals surface area contributed by atoms with Gasteiger partial charge in [0.05, 0.1) is 27.9 Å². The van der Waals surface area contributed by atoms with Crippen LogP contribution in [-0.2, 0) is 0 Å². The Morgan fingerprint density at radius 3 is 2.82 bits per heavy atom.